The molecular weight excluding hydrogens is 198 g/mol. The first kappa shape index (κ1) is 12.0. The number of ether oxygens (including phenoxy) is 2. The summed E-state index contributed by atoms with van der Waals surface area (Å²) in [5.74, 6) is -1.22. The van der Waals surface area contributed by atoms with E-state index in [1.165, 1.54) is 7.11 Å². The molecule has 0 aromatic heterocycles. The average molecular weight is 215 g/mol. The van der Waals surface area contributed by atoms with Gasteiger partial charge in [-0.3, -0.25) is 4.79 Å². The standard InChI is InChI=1S/C10H17NO4/c1-3-8-7(4-5-15-8)6-11-9(12)10(13)14-2/h7-8H,3-6H2,1-2H3,(H,11,12). The molecule has 86 valence electrons. The fourth-order valence-electron chi connectivity index (χ4n) is 1.77. The van der Waals surface area contributed by atoms with Crippen LogP contribution in [0.1, 0.15) is 19.8 Å². The first-order valence-electron chi connectivity index (χ1n) is 5.16. The number of hydrogen-bond donors (Lipinski definition) is 1. The normalized spacial score (nSPS) is 24.9. The maximum absolute atomic E-state index is 11.1. The third-order valence-corrected chi connectivity index (χ3v) is 2.64. The molecule has 1 amide bonds. The number of carbonyl (C=O) groups excluding carboxylic acids is 2. The van der Waals surface area contributed by atoms with Gasteiger partial charge >= 0.3 is 11.9 Å². The Hall–Kier alpha value is -1.10. The Labute approximate surface area is 89.1 Å². The lowest BCUT2D eigenvalue weighted by Gasteiger charge is -2.16. The Kier molecular flexibility index (Phi) is 4.55. The summed E-state index contributed by atoms with van der Waals surface area (Å²) in [5, 5.41) is 2.55. The van der Waals surface area contributed by atoms with Gasteiger partial charge in [-0.25, -0.2) is 4.79 Å². The summed E-state index contributed by atoms with van der Waals surface area (Å²) >= 11 is 0. The van der Waals surface area contributed by atoms with Crippen molar-refractivity contribution in [1.82, 2.24) is 5.32 Å². The van der Waals surface area contributed by atoms with Crippen molar-refractivity contribution in [1.29, 1.82) is 0 Å². The fourth-order valence-corrected chi connectivity index (χ4v) is 1.77. The zero-order valence-corrected chi connectivity index (χ0v) is 9.12. The van der Waals surface area contributed by atoms with Crippen LogP contribution < -0.4 is 5.32 Å². The lowest BCUT2D eigenvalue weighted by atomic mass is 10.00. The summed E-state index contributed by atoms with van der Waals surface area (Å²) in [7, 11) is 1.19. The van der Waals surface area contributed by atoms with E-state index in [1.54, 1.807) is 0 Å². The van der Waals surface area contributed by atoms with E-state index in [9.17, 15) is 9.59 Å². The van der Waals surface area contributed by atoms with Crippen molar-refractivity contribution in [3.05, 3.63) is 0 Å². The molecule has 1 aliphatic rings. The van der Waals surface area contributed by atoms with E-state index in [0.717, 1.165) is 19.4 Å². The fraction of sp³-hybridized carbons (Fsp3) is 0.800. The van der Waals surface area contributed by atoms with Crippen LogP contribution in [0.3, 0.4) is 0 Å². The summed E-state index contributed by atoms with van der Waals surface area (Å²) in [4.78, 5) is 21.9. The Balaban J connectivity index is 2.30. The minimum Gasteiger partial charge on any atom is -0.462 e. The van der Waals surface area contributed by atoms with E-state index in [1.807, 2.05) is 6.92 Å². The number of nitrogens with one attached hydrogen (secondary N) is 1. The minimum atomic E-state index is -0.845. The minimum absolute atomic E-state index is 0.197. The van der Waals surface area contributed by atoms with Gasteiger partial charge in [-0.05, 0) is 12.8 Å². The Morgan fingerprint density at radius 1 is 1.53 bits per heavy atom. The topological polar surface area (TPSA) is 64.6 Å². The molecule has 2 unspecified atom stereocenters. The van der Waals surface area contributed by atoms with Crippen molar-refractivity contribution in [3.8, 4) is 0 Å². The second kappa shape index (κ2) is 5.70. The zero-order valence-electron chi connectivity index (χ0n) is 9.12. The van der Waals surface area contributed by atoms with Gasteiger partial charge in [0.15, 0.2) is 0 Å². The third kappa shape index (κ3) is 3.20. The van der Waals surface area contributed by atoms with Gasteiger partial charge in [-0.15, -0.1) is 0 Å². The van der Waals surface area contributed by atoms with Crippen LogP contribution in [-0.2, 0) is 19.1 Å². The van der Waals surface area contributed by atoms with Gasteiger partial charge in [-0.2, -0.15) is 0 Å². The molecule has 1 fully saturated rings. The van der Waals surface area contributed by atoms with Crippen molar-refractivity contribution in [2.24, 2.45) is 5.92 Å². The van der Waals surface area contributed by atoms with Crippen LogP contribution in [0.4, 0.5) is 0 Å². The molecule has 1 saturated heterocycles. The molecule has 1 heterocycles. The maximum Gasteiger partial charge on any atom is 0.396 e. The molecule has 0 radical (unpaired) electrons. The Morgan fingerprint density at radius 3 is 2.87 bits per heavy atom. The summed E-state index contributed by atoms with van der Waals surface area (Å²) in [6.07, 6.45) is 2.06. The smallest absolute Gasteiger partial charge is 0.396 e. The molecular formula is C10H17NO4. The van der Waals surface area contributed by atoms with Gasteiger partial charge in [0.1, 0.15) is 0 Å². The number of amides is 1. The summed E-state index contributed by atoms with van der Waals surface area (Å²) in [6.45, 7) is 3.26. The third-order valence-electron chi connectivity index (χ3n) is 2.64. The molecule has 5 heteroatoms. The first-order valence-corrected chi connectivity index (χ1v) is 5.16. The van der Waals surface area contributed by atoms with E-state index in [4.69, 9.17) is 4.74 Å². The van der Waals surface area contributed by atoms with Gasteiger partial charge in [0.25, 0.3) is 0 Å². The van der Waals surface area contributed by atoms with Gasteiger partial charge in [-0.1, -0.05) is 6.92 Å². The van der Waals surface area contributed by atoms with Crippen LogP contribution in [-0.4, -0.2) is 38.2 Å². The number of carbonyl (C=O) groups is 2. The van der Waals surface area contributed by atoms with Crippen molar-refractivity contribution < 1.29 is 19.1 Å². The van der Waals surface area contributed by atoms with E-state index >= 15 is 0 Å². The molecule has 1 N–H and O–H groups in total. The molecule has 0 aromatic rings. The highest BCUT2D eigenvalue weighted by Gasteiger charge is 2.27. The lowest BCUT2D eigenvalue weighted by molar-refractivity contribution is -0.152. The van der Waals surface area contributed by atoms with Crippen LogP contribution in [0.5, 0.6) is 0 Å². The highest BCUT2D eigenvalue weighted by atomic mass is 16.5. The van der Waals surface area contributed by atoms with Crippen LogP contribution >= 0.6 is 0 Å². The molecule has 0 saturated carbocycles. The molecule has 5 nitrogen and oxygen atoms in total. The van der Waals surface area contributed by atoms with Crippen LogP contribution in [0, 0.1) is 5.92 Å². The van der Waals surface area contributed by atoms with Crippen LogP contribution in [0.25, 0.3) is 0 Å². The monoisotopic (exact) mass is 215 g/mol. The summed E-state index contributed by atoms with van der Waals surface area (Å²) in [6, 6.07) is 0. The van der Waals surface area contributed by atoms with Gasteiger partial charge in [0.05, 0.1) is 13.2 Å². The average Bonchev–Trinajstić information content (AvgIpc) is 2.71. The molecule has 0 aliphatic carbocycles. The van der Waals surface area contributed by atoms with E-state index in [-0.39, 0.29) is 6.10 Å². The molecule has 0 aromatic carbocycles. The second-order valence-electron chi connectivity index (χ2n) is 3.57. The highest BCUT2D eigenvalue weighted by Crippen LogP contribution is 2.22. The molecule has 0 bridgehead atoms. The van der Waals surface area contributed by atoms with E-state index in [0.29, 0.717) is 12.5 Å². The van der Waals surface area contributed by atoms with Gasteiger partial charge in [0, 0.05) is 19.1 Å². The first-order chi connectivity index (χ1) is 7.19. The van der Waals surface area contributed by atoms with Crippen LogP contribution in [0.2, 0.25) is 0 Å². The van der Waals surface area contributed by atoms with Crippen LogP contribution in [0.15, 0.2) is 0 Å². The number of rotatable bonds is 3. The summed E-state index contributed by atoms with van der Waals surface area (Å²) in [5.41, 5.74) is 0. The van der Waals surface area contributed by atoms with Gasteiger partial charge < -0.3 is 14.8 Å². The second-order valence-corrected chi connectivity index (χ2v) is 3.57. The molecule has 15 heavy (non-hydrogen) atoms. The van der Waals surface area contributed by atoms with Crippen molar-refractivity contribution in [2.75, 3.05) is 20.3 Å². The summed E-state index contributed by atoms with van der Waals surface area (Å²) < 4.78 is 9.76. The molecule has 2 atom stereocenters. The van der Waals surface area contributed by atoms with Crippen molar-refractivity contribution in [3.63, 3.8) is 0 Å². The van der Waals surface area contributed by atoms with Crippen molar-refractivity contribution in [2.45, 2.75) is 25.9 Å². The molecule has 0 spiro atoms. The lowest BCUT2D eigenvalue weighted by Crippen LogP contribution is -2.37. The Bertz CT molecular complexity index is 242. The predicted molar refractivity (Wildman–Crippen MR) is 53.2 cm³/mol. The highest BCUT2D eigenvalue weighted by molar-refractivity contribution is 6.32. The number of esters is 1. The zero-order chi connectivity index (χ0) is 11.3. The molecule has 1 aliphatic heterocycles. The number of hydrogen-bond acceptors (Lipinski definition) is 4. The molecule has 1 rings (SSSR count). The predicted octanol–water partition coefficient (Wildman–Crippen LogP) is 0.0907. The van der Waals surface area contributed by atoms with Crippen molar-refractivity contribution >= 4 is 11.9 Å². The van der Waals surface area contributed by atoms with E-state index < -0.39 is 11.9 Å². The van der Waals surface area contributed by atoms with Gasteiger partial charge in [0.2, 0.25) is 0 Å². The number of methoxy groups -OCH3 is 1. The van der Waals surface area contributed by atoms with E-state index in [2.05, 4.69) is 10.1 Å². The maximum atomic E-state index is 11.1. The quantitative estimate of drug-likeness (QED) is 0.535. The SMILES string of the molecule is CCC1OCCC1CNC(=O)C(=O)OC. The Morgan fingerprint density at radius 2 is 2.27 bits per heavy atom. The largest absolute Gasteiger partial charge is 0.462 e.